The van der Waals surface area contributed by atoms with E-state index >= 15 is 0 Å². The maximum Gasteiger partial charge on any atom is 0.255 e. The Kier molecular flexibility index (Phi) is 4.04. The van der Waals surface area contributed by atoms with Gasteiger partial charge in [0.25, 0.3) is 5.91 Å². The first-order valence-corrected chi connectivity index (χ1v) is 6.72. The zero-order chi connectivity index (χ0) is 13.3. The fourth-order valence-electron chi connectivity index (χ4n) is 2.20. The van der Waals surface area contributed by atoms with Crippen LogP contribution in [0.4, 0.5) is 0 Å². The van der Waals surface area contributed by atoms with E-state index in [9.17, 15) is 9.90 Å². The van der Waals surface area contributed by atoms with Crippen LogP contribution in [-0.4, -0.2) is 48.2 Å². The lowest BCUT2D eigenvalue weighted by molar-refractivity contribution is 0.0580. The highest BCUT2D eigenvalue weighted by molar-refractivity contribution is 9.10. The number of hydrogen-bond donors (Lipinski definition) is 2. The quantitative estimate of drug-likeness (QED) is 0.861. The summed E-state index contributed by atoms with van der Waals surface area (Å²) in [5, 5.41) is 12.9. The molecule has 1 aliphatic heterocycles. The number of rotatable bonds is 2. The van der Waals surface area contributed by atoms with Gasteiger partial charge in [0.2, 0.25) is 0 Å². The number of β-amino-alcohol motifs (C(OH)–C–C–N with tert-alkyl or cyclic N) is 1. The summed E-state index contributed by atoms with van der Waals surface area (Å²) in [5.74, 6) is -0.0710. The van der Waals surface area contributed by atoms with Crippen molar-refractivity contribution in [2.24, 2.45) is 0 Å². The number of aliphatic hydroxyl groups is 1. The molecule has 0 aliphatic carbocycles. The summed E-state index contributed by atoms with van der Waals surface area (Å²) in [6.45, 7) is 3.12. The minimum Gasteiger partial charge on any atom is -0.390 e. The van der Waals surface area contributed by atoms with Crippen molar-refractivity contribution in [1.82, 2.24) is 10.2 Å². The van der Waals surface area contributed by atoms with E-state index in [4.69, 9.17) is 0 Å². The van der Waals surface area contributed by atoms with Gasteiger partial charge in [0.15, 0.2) is 0 Å². The minimum atomic E-state index is -0.498. The molecule has 1 aromatic rings. The van der Waals surface area contributed by atoms with Crippen molar-refractivity contribution >= 4 is 21.8 Å². The average Bonchev–Trinajstić information content (AvgIpc) is 2.77. The molecule has 1 aliphatic rings. The highest BCUT2D eigenvalue weighted by Crippen LogP contribution is 2.23. The molecule has 1 heterocycles. The van der Waals surface area contributed by atoms with Gasteiger partial charge in [-0.15, -0.1) is 0 Å². The molecular formula is C13H17BrN2O2. The Bertz CT molecular complexity index is 464. The zero-order valence-corrected chi connectivity index (χ0v) is 12.1. The number of halogens is 1. The van der Waals surface area contributed by atoms with Crippen LogP contribution in [0.15, 0.2) is 22.7 Å². The lowest BCUT2D eigenvalue weighted by atomic mass is 10.1. The molecule has 1 fully saturated rings. The van der Waals surface area contributed by atoms with Crippen LogP contribution in [0.2, 0.25) is 0 Å². The normalized spacial score (nSPS) is 23.1. The predicted octanol–water partition coefficient (Wildman–Crippen LogP) is 1.16. The fourth-order valence-corrected chi connectivity index (χ4v) is 2.63. The van der Waals surface area contributed by atoms with E-state index in [-0.39, 0.29) is 11.9 Å². The molecule has 2 N–H and O–H groups in total. The van der Waals surface area contributed by atoms with E-state index in [1.807, 2.05) is 19.1 Å². The molecule has 2 rings (SSSR count). The molecular weight excluding hydrogens is 296 g/mol. The second-order valence-electron chi connectivity index (χ2n) is 4.65. The minimum absolute atomic E-state index is 0.0710. The average molecular weight is 313 g/mol. The van der Waals surface area contributed by atoms with Crippen molar-refractivity contribution in [2.75, 3.05) is 20.1 Å². The van der Waals surface area contributed by atoms with Crippen molar-refractivity contribution in [3.8, 4) is 0 Å². The number of carbonyl (C=O) groups is 1. The highest BCUT2D eigenvalue weighted by Gasteiger charge is 2.32. The molecule has 98 valence electrons. The summed E-state index contributed by atoms with van der Waals surface area (Å²) in [6, 6.07) is 5.45. The van der Waals surface area contributed by atoms with Crippen LogP contribution >= 0.6 is 15.9 Å². The van der Waals surface area contributed by atoms with Crippen LogP contribution in [0.1, 0.15) is 15.9 Å². The van der Waals surface area contributed by atoms with Crippen LogP contribution in [0.3, 0.4) is 0 Å². The first-order chi connectivity index (χ1) is 8.52. The second kappa shape index (κ2) is 5.38. The number of aliphatic hydroxyl groups excluding tert-OH is 1. The number of nitrogens with zero attached hydrogens (tertiary/aromatic N) is 1. The largest absolute Gasteiger partial charge is 0.390 e. The third-order valence-electron chi connectivity index (χ3n) is 3.39. The van der Waals surface area contributed by atoms with Crippen LogP contribution in [0.25, 0.3) is 0 Å². The molecule has 2 atom stereocenters. The third-order valence-corrected chi connectivity index (χ3v) is 4.44. The van der Waals surface area contributed by atoms with Crippen molar-refractivity contribution < 1.29 is 9.90 Å². The summed E-state index contributed by atoms with van der Waals surface area (Å²) >= 11 is 3.45. The monoisotopic (exact) mass is 312 g/mol. The number of aryl methyl sites for hydroxylation is 1. The van der Waals surface area contributed by atoms with Gasteiger partial charge in [-0.25, -0.2) is 0 Å². The van der Waals surface area contributed by atoms with E-state index < -0.39 is 6.10 Å². The molecule has 5 heteroatoms. The summed E-state index contributed by atoms with van der Waals surface area (Å²) < 4.78 is 0.822. The van der Waals surface area contributed by atoms with E-state index in [2.05, 4.69) is 21.2 Å². The van der Waals surface area contributed by atoms with Crippen molar-refractivity contribution in [1.29, 1.82) is 0 Å². The van der Waals surface area contributed by atoms with Crippen LogP contribution < -0.4 is 5.32 Å². The van der Waals surface area contributed by atoms with Gasteiger partial charge in [-0.2, -0.15) is 0 Å². The molecule has 1 amide bonds. The van der Waals surface area contributed by atoms with E-state index in [1.165, 1.54) is 0 Å². The molecule has 1 saturated heterocycles. The van der Waals surface area contributed by atoms with Crippen molar-refractivity contribution in [3.05, 3.63) is 33.8 Å². The summed E-state index contributed by atoms with van der Waals surface area (Å²) in [5.41, 5.74) is 1.66. The molecule has 0 bridgehead atoms. The summed E-state index contributed by atoms with van der Waals surface area (Å²) in [4.78, 5) is 14.0. The van der Waals surface area contributed by atoms with Crippen LogP contribution in [-0.2, 0) is 0 Å². The summed E-state index contributed by atoms with van der Waals surface area (Å²) in [6.07, 6.45) is -0.498. The Morgan fingerprint density at radius 2 is 2.22 bits per heavy atom. The molecule has 0 unspecified atom stereocenters. The second-order valence-corrected chi connectivity index (χ2v) is 5.44. The third kappa shape index (κ3) is 2.43. The first kappa shape index (κ1) is 13.5. The standard InChI is InChI=1S/C13H17BrN2O2/c1-8-4-3-5-9(12(8)14)13(18)16(2)10-6-15-7-11(10)17/h3-5,10-11,15,17H,6-7H2,1-2H3/t10-,11-/m1/s1. The number of nitrogens with one attached hydrogen (secondary N) is 1. The van der Waals surface area contributed by atoms with Gasteiger partial charge in [0.05, 0.1) is 17.7 Å². The molecule has 0 spiro atoms. The molecule has 4 nitrogen and oxygen atoms in total. The maximum atomic E-state index is 12.4. The van der Waals surface area contributed by atoms with Gasteiger partial charge in [-0.05, 0) is 34.5 Å². The Morgan fingerprint density at radius 1 is 1.50 bits per heavy atom. The van der Waals surface area contributed by atoms with E-state index in [1.54, 1.807) is 18.0 Å². The molecule has 0 radical (unpaired) electrons. The SMILES string of the molecule is Cc1cccc(C(=O)N(C)[C@@H]2CNC[C@H]2O)c1Br. The number of amides is 1. The molecule has 1 aromatic carbocycles. The maximum absolute atomic E-state index is 12.4. The lowest BCUT2D eigenvalue weighted by Crippen LogP contribution is -2.44. The van der Waals surface area contributed by atoms with Gasteiger partial charge in [-0.1, -0.05) is 12.1 Å². The van der Waals surface area contributed by atoms with Crippen molar-refractivity contribution in [3.63, 3.8) is 0 Å². The Balaban J connectivity index is 2.23. The molecule has 18 heavy (non-hydrogen) atoms. The van der Waals surface area contributed by atoms with Crippen molar-refractivity contribution in [2.45, 2.75) is 19.1 Å². The van der Waals surface area contributed by atoms with E-state index in [0.717, 1.165) is 10.0 Å². The molecule has 0 saturated carbocycles. The fraction of sp³-hybridized carbons (Fsp3) is 0.462. The topological polar surface area (TPSA) is 52.6 Å². The Morgan fingerprint density at radius 3 is 2.83 bits per heavy atom. The van der Waals surface area contributed by atoms with Gasteiger partial charge < -0.3 is 15.3 Å². The molecule has 0 aromatic heterocycles. The summed E-state index contributed by atoms with van der Waals surface area (Å²) in [7, 11) is 1.73. The highest BCUT2D eigenvalue weighted by atomic mass is 79.9. The van der Waals surface area contributed by atoms with Gasteiger partial charge in [0.1, 0.15) is 0 Å². The van der Waals surface area contributed by atoms with E-state index in [0.29, 0.717) is 18.7 Å². The van der Waals surface area contributed by atoms with Crippen LogP contribution in [0, 0.1) is 6.92 Å². The number of benzene rings is 1. The van der Waals surface area contributed by atoms with Gasteiger partial charge >= 0.3 is 0 Å². The lowest BCUT2D eigenvalue weighted by Gasteiger charge is -2.27. The number of hydrogen-bond acceptors (Lipinski definition) is 3. The zero-order valence-electron chi connectivity index (χ0n) is 10.5. The predicted molar refractivity (Wildman–Crippen MR) is 73.6 cm³/mol. The number of likely N-dealkylation sites (N-methyl/N-ethyl adjacent to an activating group) is 1. The first-order valence-electron chi connectivity index (χ1n) is 5.93. The Labute approximate surface area is 115 Å². The van der Waals surface area contributed by atoms with Crippen LogP contribution in [0.5, 0.6) is 0 Å². The Hall–Kier alpha value is -0.910. The number of carbonyl (C=O) groups excluding carboxylic acids is 1. The smallest absolute Gasteiger partial charge is 0.255 e. The van der Waals surface area contributed by atoms with Gasteiger partial charge in [0, 0.05) is 24.6 Å². The van der Waals surface area contributed by atoms with Gasteiger partial charge in [-0.3, -0.25) is 4.79 Å².